The zero-order valence-electron chi connectivity index (χ0n) is 32.8. The molecule has 1 aliphatic heterocycles. The molecule has 0 radical (unpaired) electrons. The summed E-state index contributed by atoms with van der Waals surface area (Å²) in [6, 6.07) is -4.44. The van der Waals surface area contributed by atoms with Gasteiger partial charge in [-0.15, -0.1) is 0 Å². The van der Waals surface area contributed by atoms with Gasteiger partial charge < -0.3 is 74.4 Å². The zero-order chi connectivity index (χ0) is 45.8. The summed E-state index contributed by atoms with van der Waals surface area (Å²) in [5, 5.41) is 52.8. The molecule has 16 N–H and O–H groups in total. The molecule has 0 spiro atoms. The molecule has 1 aromatic carbocycles. The highest BCUT2D eigenvalue weighted by Gasteiger charge is 2.40. The lowest BCUT2D eigenvalue weighted by atomic mass is 10.1. The van der Waals surface area contributed by atoms with Crippen LogP contribution in [-0.4, -0.2) is 165 Å². The van der Waals surface area contributed by atoms with Crippen molar-refractivity contribution < 1.29 is 63.6 Å². The molecule has 0 unspecified atom stereocenters. The van der Waals surface area contributed by atoms with Gasteiger partial charge in [-0.25, -0.2) is 4.79 Å². The van der Waals surface area contributed by atoms with Gasteiger partial charge in [0.05, 0.1) is 25.6 Å². The summed E-state index contributed by atoms with van der Waals surface area (Å²) in [5.74, 6) is -10.1. The Labute approximate surface area is 360 Å². The standard InChI is InChI=1S/C35H53N11O13S2/c36-19(15-60)28(52)40-13-26(49)41-20(3-1-9-39-35(37)38)29(53)42-21(12-27(50)51)30(54)44-23(14-47)33(57)46-10-2-4-25(46)32(56)45-24(16-61)31(55)43-22(34(58)59)11-17-5-7-18(48)8-6-17/h5-8,19-25,47-48,60-61H,1-4,9-16,36H2,(H,40,52)(H,41,49)(H,42,53)(H,43,55)(H,44,54)(H,45,56)(H,50,51)(H,58,59)(H4,37,38,39)/t19-,20-,21-,22-,23-,24-,25-/m0/s1. The van der Waals surface area contributed by atoms with Crippen LogP contribution < -0.4 is 49.1 Å². The molecule has 1 aliphatic rings. The summed E-state index contributed by atoms with van der Waals surface area (Å²) in [6.45, 7) is -1.66. The molecule has 0 saturated carbocycles. The van der Waals surface area contributed by atoms with E-state index in [1.54, 1.807) is 0 Å². The van der Waals surface area contributed by atoms with Crippen LogP contribution in [0.3, 0.4) is 0 Å². The molecule has 1 aromatic rings. The number of phenols is 1. The number of aliphatic hydroxyl groups excluding tert-OH is 1. The van der Waals surface area contributed by atoms with E-state index >= 15 is 0 Å². The number of hydrogen-bond acceptors (Lipinski definition) is 15. The number of carbonyl (C=O) groups is 9. The number of likely N-dealkylation sites (tertiary alicyclic amines) is 1. The van der Waals surface area contributed by atoms with E-state index in [2.05, 4.69) is 62.2 Å². The lowest BCUT2D eigenvalue weighted by molar-refractivity contribution is -0.144. The second-order valence-corrected chi connectivity index (χ2v) is 14.4. The van der Waals surface area contributed by atoms with Crippen molar-refractivity contribution in [1.29, 1.82) is 0 Å². The van der Waals surface area contributed by atoms with Gasteiger partial charge in [-0.05, 0) is 43.4 Å². The number of nitrogens with one attached hydrogen (secondary N) is 6. The van der Waals surface area contributed by atoms with Crippen LogP contribution in [0.4, 0.5) is 0 Å². The maximum absolute atomic E-state index is 13.7. The van der Waals surface area contributed by atoms with Crippen molar-refractivity contribution in [3.05, 3.63) is 29.8 Å². The Morgan fingerprint density at radius 3 is 1.98 bits per heavy atom. The lowest BCUT2D eigenvalue weighted by Gasteiger charge is -2.30. The molecular weight excluding hydrogens is 847 g/mol. The minimum absolute atomic E-state index is 0.0140. The maximum Gasteiger partial charge on any atom is 0.326 e. The van der Waals surface area contributed by atoms with Crippen LogP contribution in [0, 0.1) is 0 Å². The van der Waals surface area contributed by atoms with Gasteiger partial charge in [0.1, 0.15) is 42.0 Å². The number of aliphatic carboxylic acids is 2. The summed E-state index contributed by atoms with van der Waals surface area (Å²) in [5.41, 5.74) is 16.7. The first-order valence-corrected chi connectivity index (χ1v) is 20.0. The summed E-state index contributed by atoms with van der Waals surface area (Å²) >= 11 is 8.02. The molecule has 1 saturated heterocycles. The number of carboxylic acid groups (broad SMARTS) is 2. The number of aliphatic imine (C=N–C) groups is 1. The smallest absolute Gasteiger partial charge is 0.326 e. The minimum Gasteiger partial charge on any atom is -0.508 e. The van der Waals surface area contributed by atoms with Crippen LogP contribution in [-0.2, 0) is 49.6 Å². The van der Waals surface area contributed by atoms with Gasteiger partial charge in [-0.1, -0.05) is 12.1 Å². The number of guanidine groups is 1. The van der Waals surface area contributed by atoms with E-state index in [0.29, 0.717) is 5.56 Å². The fourth-order valence-corrected chi connectivity index (χ4v) is 6.24. The third-order valence-corrected chi connectivity index (χ3v) is 9.77. The molecule has 1 heterocycles. The SMILES string of the molecule is NC(N)=NCCC[C@H](NC(=O)CNC(=O)[C@@H](N)CS)C(=O)N[C@@H](CC(=O)O)C(=O)N[C@@H](CO)C(=O)N1CCC[C@H]1C(=O)N[C@@H](CS)C(=O)N[C@@H](Cc1ccc(O)cc1)C(=O)O. The number of benzene rings is 1. The summed E-state index contributed by atoms with van der Waals surface area (Å²) < 4.78 is 0. The van der Waals surface area contributed by atoms with Crippen LogP contribution in [0.5, 0.6) is 5.75 Å². The summed E-state index contributed by atoms with van der Waals surface area (Å²) in [6.07, 6.45) is -0.833. The molecule has 0 aromatic heterocycles. The second kappa shape index (κ2) is 25.7. The van der Waals surface area contributed by atoms with Crippen molar-refractivity contribution in [1.82, 2.24) is 36.8 Å². The van der Waals surface area contributed by atoms with Crippen LogP contribution in [0.2, 0.25) is 0 Å². The molecule has 2 rings (SSSR count). The van der Waals surface area contributed by atoms with E-state index in [9.17, 15) is 63.6 Å². The normalized spacial score (nSPS) is 16.3. The van der Waals surface area contributed by atoms with Gasteiger partial charge in [-0.3, -0.25) is 43.3 Å². The first-order chi connectivity index (χ1) is 28.8. The quantitative estimate of drug-likeness (QED) is 0.0188. The first-order valence-electron chi connectivity index (χ1n) is 18.8. The summed E-state index contributed by atoms with van der Waals surface area (Å²) in [4.78, 5) is 120. The van der Waals surface area contributed by atoms with E-state index in [0.717, 1.165) is 4.90 Å². The molecule has 0 aliphatic carbocycles. The van der Waals surface area contributed by atoms with Crippen molar-refractivity contribution >= 4 is 84.5 Å². The average molecular weight is 900 g/mol. The largest absolute Gasteiger partial charge is 0.508 e. The number of carbonyl (C=O) groups excluding carboxylic acids is 7. The molecule has 1 fully saturated rings. The minimum atomic E-state index is -1.87. The number of hydrogen-bond donors (Lipinski definition) is 15. The van der Waals surface area contributed by atoms with Crippen LogP contribution in [0.15, 0.2) is 29.3 Å². The topological polar surface area (TPSA) is 400 Å². The molecule has 0 bridgehead atoms. The van der Waals surface area contributed by atoms with Crippen molar-refractivity contribution in [3.8, 4) is 5.75 Å². The fraction of sp³-hybridized carbons (Fsp3) is 0.543. The highest BCUT2D eigenvalue weighted by molar-refractivity contribution is 7.80. The number of carboxylic acids is 2. The van der Waals surface area contributed by atoms with Gasteiger partial charge in [0.2, 0.25) is 41.4 Å². The van der Waals surface area contributed by atoms with Crippen LogP contribution in [0.25, 0.3) is 0 Å². The van der Waals surface area contributed by atoms with Gasteiger partial charge in [-0.2, -0.15) is 25.3 Å². The molecule has 61 heavy (non-hydrogen) atoms. The number of aliphatic hydroxyl groups is 1. The number of thiol groups is 2. The summed E-state index contributed by atoms with van der Waals surface area (Å²) in [7, 11) is 0. The first kappa shape index (κ1) is 51.3. The zero-order valence-corrected chi connectivity index (χ0v) is 34.6. The van der Waals surface area contributed by atoms with Crippen LogP contribution in [0.1, 0.15) is 37.7 Å². The maximum atomic E-state index is 13.7. The highest BCUT2D eigenvalue weighted by Crippen LogP contribution is 2.19. The van der Waals surface area contributed by atoms with E-state index in [-0.39, 0.29) is 68.4 Å². The Morgan fingerprint density at radius 1 is 0.803 bits per heavy atom. The number of aromatic hydroxyl groups is 1. The van der Waals surface area contributed by atoms with Crippen molar-refractivity contribution in [2.45, 2.75) is 80.8 Å². The van der Waals surface area contributed by atoms with Gasteiger partial charge in [0.15, 0.2) is 5.96 Å². The number of phenolic OH excluding ortho intramolecular Hbond substituents is 1. The number of amides is 7. The molecule has 7 atom stereocenters. The number of rotatable bonds is 25. The Balaban J connectivity index is 2.17. The molecule has 7 amide bonds. The fourth-order valence-electron chi connectivity index (χ4n) is 5.82. The Bertz CT molecular complexity index is 1770. The van der Waals surface area contributed by atoms with Crippen LogP contribution >= 0.6 is 25.3 Å². The van der Waals surface area contributed by atoms with Gasteiger partial charge >= 0.3 is 11.9 Å². The Hall–Kier alpha value is -5.86. The van der Waals surface area contributed by atoms with Gasteiger partial charge in [0, 0.05) is 31.0 Å². The van der Waals surface area contributed by atoms with Crippen molar-refractivity contribution in [2.75, 3.05) is 37.7 Å². The Kier molecular flexibility index (Phi) is 21.6. The molecule has 338 valence electrons. The molecule has 26 heteroatoms. The highest BCUT2D eigenvalue weighted by atomic mass is 32.1. The monoisotopic (exact) mass is 899 g/mol. The number of nitrogens with two attached hydrogens (primary N) is 3. The third kappa shape index (κ3) is 17.3. The van der Waals surface area contributed by atoms with Gasteiger partial charge in [0.25, 0.3) is 0 Å². The van der Waals surface area contributed by atoms with E-state index < -0.39 is 115 Å². The number of nitrogens with zero attached hydrogens (tertiary/aromatic N) is 2. The van der Waals surface area contributed by atoms with E-state index in [1.165, 1.54) is 24.3 Å². The van der Waals surface area contributed by atoms with E-state index in [1.807, 2.05) is 0 Å². The molecular formula is C35H53N11O13S2. The van der Waals surface area contributed by atoms with E-state index in [4.69, 9.17) is 17.2 Å². The predicted octanol–water partition coefficient (Wildman–Crippen LogP) is -5.74. The second-order valence-electron chi connectivity index (χ2n) is 13.7. The average Bonchev–Trinajstić information content (AvgIpc) is 3.71. The predicted molar refractivity (Wildman–Crippen MR) is 222 cm³/mol. The molecule has 24 nitrogen and oxygen atoms in total. The van der Waals surface area contributed by atoms with Crippen molar-refractivity contribution in [2.24, 2.45) is 22.2 Å². The van der Waals surface area contributed by atoms with Crippen molar-refractivity contribution in [3.63, 3.8) is 0 Å². The Morgan fingerprint density at radius 2 is 1.41 bits per heavy atom. The lowest BCUT2D eigenvalue weighted by Crippen LogP contribution is -2.60. The third-order valence-electron chi connectivity index (χ3n) is 9.01.